The summed E-state index contributed by atoms with van der Waals surface area (Å²) in [4.78, 5) is 11.8. The third-order valence-electron chi connectivity index (χ3n) is 2.50. The molecule has 19 heavy (non-hydrogen) atoms. The quantitative estimate of drug-likeness (QED) is 0.897. The molecule has 1 amide bonds. The molecule has 0 spiro atoms. The van der Waals surface area contributed by atoms with Gasteiger partial charge in [-0.15, -0.1) is 10.2 Å². The minimum Gasteiger partial charge on any atom is -0.372 e. The van der Waals surface area contributed by atoms with Crippen LogP contribution in [0.25, 0.3) is 0 Å². The Hall–Kier alpha value is -2.14. The maximum atomic E-state index is 11.8. The molecule has 6 heteroatoms. The fraction of sp³-hybridized carbons (Fsp3) is 0.154. The molecular formula is C13H13ClN4O. The van der Waals surface area contributed by atoms with Crippen molar-refractivity contribution in [1.29, 1.82) is 0 Å². The van der Waals surface area contributed by atoms with E-state index in [1.165, 1.54) is 0 Å². The smallest absolute Gasteiger partial charge is 0.272 e. The predicted octanol–water partition coefficient (Wildman–Crippen LogP) is 2.10. The van der Waals surface area contributed by atoms with Crippen molar-refractivity contribution in [3.63, 3.8) is 0 Å². The number of hydrogen-bond acceptors (Lipinski definition) is 4. The molecule has 0 aliphatic carbocycles. The number of rotatable bonds is 4. The first-order valence-corrected chi connectivity index (χ1v) is 6.11. The summed E-state index contributed by atoms with van der Waals surface area (Å²) in [7, 11) is 1.74. The van der Waals surface area contributed by atoms with E-state index in [1.807, 2.05) is 12.1 Å². The van der Waals surface area contributed by atoms with Gasteiger partial charge in [0.25, 0.3) is 5.91 Å². The van der Waals surface area contributed by atoms with Crippen LogP contribution < -0.4 is 10.6 Å². The first kappa shape index (κ1) is 13.3. The van der Waals surface area contributed by atoms with Gasteiger partial charge in [-0.2, -0.15) is 0 Å². The van der Waals surface area contributed by atoms with Crippen molar-refractivity contribution in [3.05, 3.63) is 52.7 Å². The van der Waals surface area contributed by atoms with E-state index in [-0.39, 0.29) is 11.6 Å². The molecule has 2 rings (SSSR count). The molecule has 2 N–H and O–H groups in total. The standard InChI is InChI=1S/C13H13ClN4O/c1-15-12-6-5-11(17-18-12)13(19)16-8-9-3-2-4-10(14)7-9/h2-7H,8H2,1H3,(H,15,18)(H,16,19). The summed E-state index contributed by atoms with van der Waals surface area (Å²) >= 11 is 5.87. The molecule has 0 saturated heterocycles. The maximum absolute atomic E-state index is 11.8. The van der Waals surface area contributed by atoms with Crippen LogP contribution in [0.2, 0.25) is 5.02 Å². The maximum Gasteiger partial charge on any atom is 0.272 e. The molecule has 2 aromatic rings. The van der Waals surface area contributed by atoms with E-state index in [2.05, 4.69) is 20.8 Å². The highest BCUT2D eigenvalue weighted by molar-refractivity contribution is 6.30. The van der Waals surface area contributed by atoms with Crippen molar-refractivity contribution >= 4 is 23.3 Å². The highest BCUT2D eigenvalue weighted by Gasteiger charge is 2.07. The Kier molecular flexibility index (Phi) is 4.30. The number of aromatic nitrogens is 2. The fourth-order valence-corrected chi connectivity index (χ4v) is 1.72. The van der Waals surface area contributed by atoms with Gasteiger partial charge in [-0.3, -0.25) is 4.79 Å². The third kappa shape index (κ3) is 3.66. The summed E-state index contributed by atoms with van der Waals surface area (Å²) in [5, 5.41) is 13.9. The molecule has 0 aliphatic rings. The van der Waals surface area contributed by atoms with Gasteiger partial charge < -0.3 is 10.6 Å². The lowest BCUT2D eigenvalue weighted by atomic mass is 10.2. The normalized spacial score (nSPS) is 10.0. The zero-order valence-electron chi connectivity index (χ0n) is 10.4. The number of carbonyl (C=O) groups is 1. The minimum absolute atomic E-state index is 0.268. The topological polar surface area (TPSA) is 66.9 Å². The highest BCUT2D eigenvalue weighted by atomic mass is 35.5. The van der Waals surface area contributed by atoms with Crippen LogP contribution in [0, 0.1) is 0 Å². The van der Waals surface area contributed by atoms with E-state index >= 15 is 0 Å². The highest BCUT2D eigenvalue weighted by Crippen LogP contribution is 2.10. The Bertz CT molecular complexity index is 571. The number of nitrogens with zero attached hydrogens (tertiary/aromatic N) is 2. The predicted molar refractivity (Wildman–Crippen MR) is 74.2 cm³/mol. The lowest BCUT2D eigenvalue weighted by molar-refractivity contribution is 0.0945. The number of carbonyl (C=O) groups excluding carboxylic acids is 1. The van der Waals surface area contributed by atoms with Crippen LogP contribution in [0.4, 0.5) is 5.82 Å². The molecule has 5 nitrogen and oxygen atoms in total. The Morgan fingerprint density at radius 3 is 2.74 bits per heavy atom. The molecule has 0 saturated carbocycles. The number of anilines is 1. The van der Waals surface area contributed by atoms with Crippen LogP contribution in [0.1, 0.15) is 16.1 Å². The fourth-order valence-electron chi connectivity index (χ4n) is 1.51. The van der Waals surface area contributed by atoms with E-state index in [1.54, 1.807) is 31.3 Å². The lowest BCUT2D eigenvalue weighted by Gasteiger charge is -2.05. The Morgan fingerprint density at radius 2 is 2.11 bits per heavy atom. The van der Waals surface area contributed by atoms with Gasteiger partial charge >= 0.3 is 0 Å². The number of hydrogen-bond donors (Lipinski definition) is 2. The minimum atomic E-state index is -0.268. The molecule has 0 fully saturated rings. The van der Waals surface area contributed by atoms with Gasteiger partial charge in [-0.05, 0) is 29.8 Å². The number of benzene rings is 1. The number of nitrogens with one attached hydrogen (secondary N) is 2. The SMILES string of the molecule is CNc1ccc(C(=O)NCc2cccc(Cl)c2)nn1. The van der Waals surface area contributed by atoms with Crippen LogP contribution in [0.5, 0.6) is 0 Å². The van der Waals surface area contributed by atoms with Crippen LogP contribution in [-0.4, -0.2) is 23.2 Å². The zero-order chi connectivity index (χ0) is 13.7. The average Bonchev–Trinajstić information content (AvgIpc) is 2.45. The molecule has 1 heterocycles. The van der Waals surface area contributed by atoms with Gasteiger partial charge in [-0.25, -0.2) is 0 Å². The molecule has 0 bridgehead atoms. The van der Waals surface area contributed by atoms with Gasteiger partial charge in [-0.1, -0.05) is 23.7 Å². The van der Waals surface area contributed by atoms with Crippen molar-refractivity contribution < 1.29 is 4.79 Å². The Morgan fingerprint density at radius 1 is 1.26 bits per heavy atom. The van der Waals surface area contributed by atoms with Crippen molar-refractivity contribution in [3.8, 4) is 0 Å². The largest absolute Gasteiger partial charge is 0.372 e. The van der Waals surface area contributed by atoms with E-state index in [0.717, 1.165) is 5.56 Å². The van der Waals surface area contributed by atoms with Crippen molar-refractivity contribution in [2.24, 2.45) is 0 Å². The van der Waals surface area contributed by atoms with Crippen molar-refractivity contribution in [1.82, 2.24) is 15.5 Å². The van der Waals surface area contributed by atoms with Crippen molar-refractivity contribution in [2.45, 2.75) is 6.54 Å². The molecule has 0 aliphatic heterocycles. The van der Waals surface area contributed by atoms with E-state index < -0.39 is 0 Å². The first-order valence-electron chi connectivity index (χ1n) is 5.73. The van der Waals surface area contributed by atoms with Gasteiger partial charge in [0, 0.05) is 18.6 Å². The van der Waals surface area contributed by atoms with Crippen LogP contribution in [0.15, 0.2) is 36.4 Å². The summed E-state index contributed by atoms with van der Waals surface area (Å²) in [6.07, 6.45) is 0. The second kappa shape index (κ2) is 6.15. The molecule has 0 atom stereocenters. The van der Waals surface area contributed by atoms with Gasteiger partial charge in [0.15, 0.2) is 5.69 Å². The summed E-state index contributed by atoms with van der Waals surface area (Å²) in [5.41, 5.74) is 1.21. The van der Waals surface area contributed by atoms with Crippen LogP contribution in [-0.2, 0) is 6.54 Å². The average molecular weight is 277 g/mol. The molecule has 1 aromatic heterocycles. The Labute approximate surface area is 116 Å². The van der Waals surface area contributed by atoms with E-state index in [9.17, 15) is 4.79 Å². The first-order chi connectivity index (χ1) is 9.19. The summed E-state index contributed by atoms with van der Waals surface area (Å²) < 4.78 is 0. The van der Waals surface area contributed by atoms with Crippen molar-refractivity contribution in [2.75, 3.05) is 12.4 Å². The third-order valence-corrected chi connectivity index (χ3v) is 2.73. The van der Waals surface area contributed by atoms with Gasteiger partial charge in [0.2, 0.25) is 0 Å². The second-order valence-electron chi connectivity index (χ2n) is 3.87. The van der Waals surface area contributed by atoms with Gasteiger partial charge in [0.05, 0.1) is 0 Å². The number of halogens is 1. The summed E-state index contributed by atoms with van der Waals surface area (Å²) in [6.45, 7) is 0.398. The van der Waals surface area contributed by atoms with E-state index in [0.29, 0.717) is 17.4 Å². The summed E-state index contributed by atoms with van der Waals surface area (Å²) in [5.74, 6) is 0.349. The molecule has 0 radical (unpaired) electrons. The second-order valence-corrected chi connectivity index (χ2v) is 4.30. The zero-order valence-corrected chi connectivity index (χ0v) is 11.1. The Balaban J connectivity index is 1.97. The molecule has 0 unspecified atom stereocenters. The van der Waals surface area contributed by atoms with Gasteiger partial charge in [0.1, 0.15) is 5.82 Å². The van der Waals surface area contributed by atoms with E-state index in [4.69, 9.17) is 11.6 Å². The van der Waals surface area contributed by atoms with Crippen LogP contribution in [0.3, 0.4) is 0 Å². The summed E-state index contributed by atoms with van der Waals surface area (Å²) in [6, 6.07) is 10.6. The van der Waals surface area contributed by atoms with Crippen LogP contribution >= 0.6 is 11.6 Å². The molecular weight excluding hydrogens is 264 g/mol. The monoisotopic (exact) mass is 276 g/mol. The molecule has 98 valence electrons. The number of amides is 1. The molecule has 1 aromatic carbocycles. The lowest BCUT2D eigenvalue weighted by Crippen LogP contribution is -2.24.